The molecule has 0 bridgehead atoms. The summed E-state index contributed by atoms with van der Waals surface area (Å²) in [5, 5.41) is 13.3. The predicted octanol–water partition coefficient (Wildman–Crippen LogP) is 5.48. The minimum Gasteiger partial charge on any atom is -0.490 e. The third-order valence-corrected chi connectivity index (χ3v) is 7.80. The number of carbonyl (C=O) groups excluding carboxylic acids is 1. The van der Waals surface area contributed by atoms with Crippen molar-refractivity contribution >= 4 is 22.3 Å². The fraction of sp³-hybridized carbons (Fsp3) is 0.406. The van der Waals surface area contributed by atoms with E-state index in [-0.39, 0.29) is 12.5 Å². The Hall–Kier alpha value is -3.15. The highest BCUT2D eigenvalue weighted by Crippen LogP contribution is 2.30. The van der Waals surface area contributed by atoms with Crippen LogP contribution in [0.1, 0.15) is 49.7 Å². The lowest BCUT2D eigenvalue weighted by Crippen LogP contribution is -2.40. The standard InChI is InChI=1S/C32H38N2O3/c1-24(20-32(36)34-16-6-7-17-34)30-10-4-5-11-31(30)37-23-29(35)22-33-18-14-26(15-19-33)28-13-12-25-8-2-3-9-27(25)21-28/h2-5,8-13,20-21,26,29,35H,6-7,14-19,22-23H2,1H3. The molecule has 0 spiro atoms. The fourth-order valence-corrected chi connectivity index (χ4v) is 5.66. The molecule has 1 N–H and O–H groups in total. The van der Waals surface area contributed by atoms with E-state index in [1.807, 2.05) is 36.1 Å². The van der Waals surface area contributed by atoms with Gasteiger partial charge in [-0.1, -0.05) is 60.7 Å². The Labute approximate surface area is 220 Å². The average molecular weight is 499 g/mol. The molecule has 3 aromatic rings. The van der Waals surface area contributed by atoms with Gasteiger partial charge >= 0.3 is 0 Å². The number of hydrogen-bond acceptors (Lipinski definition) is 4. The Bertz CT molecular complexity index is 1240. The summed E-state index contributed by atoms with van der Waals surface area (Å²) in [4.78, 5) is 16.8. The highest BCUT2D eigenvalue weighted by atomic mass is 16.5. The molecule has 37 heavy (non-hydrogen) atoms. The van der Waals surface area contributed by atoms with E-state index >= 15 is 0 Å². The van der Waals surface area contributed by atoms with Gasteiger partial charge in [-0.05, 0) is 79.6 Å². The second kappa shape index (κ2) is 11.9. The van der Waals surface area contributed by atoms with E-state index in [1.165, 1.54) is 16.3 Å². The van der Waals surface area contributed by atoms with E-state index in [2.05, 4.69) is 47.4 Å². The van der Waals surface area contributed by atoms with Gasteiger partial charge in [0.05, 0.1) is 0 Å². The zero-order valence-corrected chi connectivity index (χ0v) is 21.8. The Morgan fingerprint density at radius 1 is 0.973 bits per heavy atom. The first-order chi connectivity index (χ1) is 18.1. The molecule has 2 fully saturated rings. The van der Waals surface area contributed by atoms with Gasteiger partial charge in [-0.15, -0.1) is 0 Å². The number of para-hydroxylation sites is 1. The van der Waals surface area contributed by atoms with Gasteiger partial charge in [0.2, 0.25) is 5.91 Å². The zero-order chi connectivity index (χ0) is 25.6. The second-order valence-corrected chi connectivity index (χ2v) is 10.5. The summed E-state index contributed by atoms with van der Waals surface area (Å²) >= 11 is 0. The topological polar surface area (TPSA) is 53.0 Å². The maximum Gasteiger partial charge on any atom is 0.246 e. The number of aliphatic hydroxyl groups excluding tert-OH is 1. The van der Waals surface area contributed by atoms with Crippen LogP contribution in [0.2, 0.25) is 0 Å². The Morgan fingerprint density at radius 2 is 1.68 bits per heavy atom. The highest BCUT2D eigenvalue weighted by Gasteiger charge is 2.23. The molecule has 0 radical (unpaired) electrons. The second-order valence-electron chi connectivity index (χ2n) is 10.5. The van der Waals surface area contributed by atoms with Crippen molar-refractivity contribution < 1.29 is 14.6 Å². The molecule has 1 amide bonds. The van der Waals surface area contributed by atoms with Gasteiger partial charge in [-0.3, -0.25) is 4.79 Å². The molecule has 2 heterocycles. The number of benzene rings is 3. The van der Waals surface area contributed by atoms with Crippen LogP contribution in [0.3, 0.4) is 0 Å². The third kappa shape index (κ3) is 6.41. The Balaban J connectivity index is 1.12. The monoisotopic (exact) mass is 498 g/mol. The van der Waals surface area contributed by atoms with Gasteiger partial charge in [-0.25, -0.2) is 0 Å². The van der Waals surface area contributed by atoms with E-state index < -0.39 is 6.10 Å². The molecule has 2 aliphatic rings. The van der Waals surface area contributed by atoms with Crippen molar-refractivity contribution in [2.75, 3.05) is 39.3 Å². The van der Waals surface area contributed by atoms with Crippen LogP contribution in [-0.2, 0) is 4.79 Å². The van der Waals surface area contributed by atoms with Gasteiger partial charge in [-0.2, -0.15) is 0 Å². The van der Waals surface area contributed by atoms with Crippen LogP contribution in [0, 0.1) is 0 Å². The number of nitrogens with zero attached hydrogens (tertiary/aromatic N) is 2. The van der Waals surface area contributed by atoms with Crippen molar-refractivity contribution in [2.45, 2.75) is 44.6 Å². The predicted molar refractivity (Wildman–Crippen MR) is 150 cm³/mol. The molecule has 5 heteroatoms. The highest BCUT2D eigenvalue weighted by molar-refractivity contribution is 5.95. The van der Waals surface area contributed by atoms with Gasteiger partial charge in [0.1, 0.15) is 18.5 Å². The molecule has 194 valence electrons. The van der Waals surface area contributed by atoms with Crippen molar-refractivity contribution in [2.24, 2.45) is 0 Å². The molecular weight excluding hydrogens is 460 g/mol. The van der Waals surface area contributed by atoms with Gasteiger partial charge in [0.15, 0.2) is 0 Å². The molecule has 0 aromatic heterocycles. The van der Waals surface area contributed by atoms with Crippen molar-refractivity contribution in [3.05, 3.63) is 83.9 Å². The minimum atomic E-state index is -0.569. The molecule has 1 unspecified atom stereocenters. The van der Waals surface area contributed by atoms with Crippen LogP contribution in [0.25, 0.3) is 16.3 Å². The average Bonchev–Trinajstić information content (AvgIpc) is 3.48. The first kappa shape index (κ1) is 25.5. The van der Waals surface area contributed by atoms with Crippen LogP contribution in [0.5, 0.6) is 5.75 Å². The van der Waals surface area contributed by atoms with Crippen LogP contribution >= 0.6 is 0 Å². The summed E-state index contributed by atoms with van der Waals surface area (Å²) in [5.74, 6) is 1.34. The van der Waals surface area contributed by atoms with Gasteiger partial charge in [0.25, 0.3) is 0 Å². The van der Waals surface area contributed by atoms with Crippen LogP contribution in [-0.4, -0.2) is 66.2 Å². The number of likely N-dealkylation sites (tertiary alicyclic amines) is 2. The third-order valence-electron chi connectivity index (χ3n) is 7.80. The lowest BCUT2D eigenvalue weighted by Gasteiger charge is -2.33. The van der Waals surface area contributed by atoms with E-state index in [1.54, 1.807) is 6.08 Å². The minimum absolute atomic E-state index is 0.0666. The van der Waals surface area contributed by atoms with Crippen LogP contribution < -0.4 is 4.74 Å². The van der Waals surface area contributed by atoms with E-state index in [4.69, 9.17) is 4.74 Å². The van der Waals surface area contributed by atoms with Gasteiger partial charge < -0.3 is 19.6 Å². The van der Waals surface area contributed by atoms with Crippen molar-refractivity contribution in [3.63, 3.8) is 0 Å². The quantitative estimate of drug-likeness (QED) is 0.418. The molecular formula is C32H38N2O3. The van der Waals surface area contributed by atoms with E-state index in [9.17, 15) is 9.90 Å². The summed E-state index contributed by atoms with van der Waals surface area (Å²) in [7, 11) is 0. The summed E-state index contributed by atoms with van der Waals surface area (Å²) in [6.07, 6.45) is 5.51. The first-order valence-corrected chi connectivity index (χ1v) is 13.7. The maximum absolute atomic E-state index is 12.6. The molecule has 5 nitrogen and oxygen atoms in total. The van der Waals surface area contributed by atoms with Crippen LogP contribution in [0.4, 0.5) is 0 Å². The SMILES string of the molecule is CC(=CC(=O)N1CCCC1)c1ccccc1OCC(O)CN1CCC(c2ccc3ccccc3c2)CC1. The smallest absolute Gasteiger partial charge is 0.246 e. The molecule has 2 aliphatic heterocycles. The number of piperidine rings is 1. The normalized spacial score (nSPS) is 18.3. The lowest BCUT2D eigenvalue weighted by molar-refractivity contribution is -0.124. The number of ether oxygens (including phenoxy) is 1. The number of β-amino-alcohol motifs (C(OH)–C–C–N with tert-alkyl or cyclic N) is 1. The number of amides is 1. The Morgan fingerprint density at radius 3 is 2.46 bits per heavy atom. The fourth-order valence-electron chi connectivity index (χ4n) is 5.66. The van der Waals surface area contributed by atoms with Crippen molar-refractivity contribution in [3.8, 4) is 5.75 Å². The summed E-state index contributed by atoms with van der Waals surface area (Å²) in [6.45, 7) is 6.42. The molecule has 5 rings (SSSR count). The molecule has 2 saturated heterocycles. The van der Waals surface area contributed by atoms with E-state index in [0.717, 1.165) is 63.0 Å². The lowest BCUT2D eigenvalue weighted by atomic mass is 9.88. The van der Waals surface area contributed by atoms with Crippen molar-refractivity contribution in [1.82, 2.24) is 9.80 Å². The summed E-state index contributed by atoms with van der Waals surface area (Å²) < 4.78 is 6.06. The summed E-state index contributed by atoms with van der Waals surface area (Å²) in [6, 6.07) is 23.1. The zero-order valence-electron chi connectivity index (χ0n) is 21.8. The van der Waals surface area contributed by atoms with Crippen LogP contribution in [0.15, 0.2) is 72.8 Å². The molecule has 3 aromatic carbocycles. The van der Waals surface area contributed by atoms with E-state index in [0.29, 0.717) is 18.2 Å². The molecule has 0 saturated carbocycles. The first-order valence-electron chi connectivity index (χ1n) is 13.7. The maximum atomic E-state index is 12.6. The number of hydrogen-bond donors (Lipinski definition) is 1. The largest absolute Gasteiger partial charge is 0.490 e. The molecule has 0 aliphatic carbocycles. The molecule has 1 atom stereocenters. The number of aliphatic hydroxyl groups is 1. The number of rotatable bonds is 8. The van der Waals surface area contributed by atoms with Crippen molar-refractivity contribution in [1.29, 1.82) is 0 Å². The van der Waals surface area contributed by atoms with Gasteiger partial charge in [0, 0.05) is 31.3 Å². The summed E-state index contributed by atoms with van der Waals surface area (Å²) in [5.41, 5.74) is 3.21. The number of fused-ring (bicyclic) bond motifs is 1. The number of allylic oxidation sites excluding steroid dienone is 1. The Kier molecular flexibility index (Phi) is 8.22. The number of carbonyl (C=O) groups is 1.